The first-order chi connectivity index (χ1) is 8.69. The van der Waals surface area contributed by atoms with Crippen LogP contribution in [-0.4, -0.2) is 31.6 Å². The number of rotatable bonds is 4. The fourth-order valence-electron chi connectivity index (χ4n) is 2.65. The van der Waals surface area contributed by atoms with E-state index in [-0.39, 0.29) is 0 Å². The lowest BCUT2D eigenvalue weighted by atomic mass is 9.97. The van der Waals surface area contributed by atoms with Gasteiger partial charge in [-0.05, 0) is 88.5 Å². The molecule has 100 valence electrons. The number of hydrogen-bond donors (Lipinski definition) is 1. The van der Waals surface area contributed by atoms with Crippen molar-refractivity contribution in [3.05, 3.63) is 32.7 Å². The predicted molar refractivity (Wildman–Crippen MR) is 83.8 cm³/mol. The van der Waals surface area contributed by atoms with Crippen molar-refractivity contribution < 1.29 is 0 Å². The molecular weight excluding hydrogens is 356 g/mol. The number of hydrogen-bond acceptors (Lipinski definition) is 2. The first-order valence-corrected chi connectivity index (χ1v) is 8.08. The fourth-order valence-corrected chi connectivity index (χ4v) is 3.32. The van der Waals surface area contributed by atoms with E-state index in [9.17, 15) is 0 Å². The summed E-state index contributed by atoms with van der Waals surface area (Å²) in [7, 11) is 2.05. The number of piperidine rings is 1. The van der Waals surface area contributed by atoms with Crippen LogP contribution in [0.2, 0.25) is 0 Å². The lowest BCUT2D eigenvalue weighted by Crippen LogP contribution is -2.38. The van der Waals surface area contributed by atoms with Crippen LogP contribution in [-0.2, 0) is 6.54 Å². The quantitative estimate of drug-likeness (QED) is 0.864. The van der Waals surface area contributed by atoms with E-state index >= 15 is 0 Å². The second-order valence-corrected chi connectivity index (χ2v) is 6.76. The molecule has 1 N–H and O–H groups in total. The van der Waals surface area contributed by atoms with Crippen molar-refractivity contribution in [1.29, 1.82) is 0 Å². The lowest BCUT2D eigenvalue weighted by molar-refractivity contribution is 0.167. The normalized spacial score (nSPS) is 21.2. The van der Waals surface area contributed by atoms with Crippen LogP contribution >= 0.6 is 31.9 Å². The molecule has 0 amide bonds. The molecule has 0 saturated carbocycles. The monoisotopic (exact) mass is 374 g/mol. The number of nitrogens with zero attached hydrogens (tertiary/aromatic N) is 1. The van der Waals surface area contributed by atoms with Crippen molar-refractivity contribution in [3.8, 4) is 0 Å². The molecule has 1 aromatic carbocycles. The predicted octanol–water partition coefficient (Wildman–Crippen LogP) is 3.64. The van der Waals surface area contributed by atoms with Crippen molar-refractivity contribution in [2.24, 2.45) is 5.92 Å². The van der Waals surface area contributed by atoms with Crippen molar-refractivity contribution >= 4 is 31.9 Å². The third-order valence-corrected chi connectivity index (χ3v) is 5.37. The first kappa shape index (κ1) is 14.5. The van der Waals surface area contributed by atoms with Crippen LogP contribution in [0.5, 0.6) is 0 Å². The molecule has 2 nitrogen and oxygen atoms in total. The number of nitrogens with one attached hydrogen (secondary N) is 1. The van der Waals surface area contributed by atoms with E-state index < -0.39 is 0 Å². The minimum absolute atomic E-state index is 0.808. The van der Waals surface area contributed by atoms with Gasteiger partial charge in [0, 0.05) is 22.0 Å². The van der Waals surface area contributed by atoms with Crippen molar-refractivity contribution in [2.45, 2.75) is 19.4 Å². The van der Waals surface area contributed by atoms with Crippen LogP contribution in [0.15, 0.2) is 27.1 Å². The molecule has 0 spiro atoms. The molecule has 1 aliphatic rings. The Balaban J connectivity index is 1.93. The summed E-state index contributed by atoms with van der Waals surface area (Å²) in [5.41, 5.74) is 1.38. The Hall–Kier alpha value is 0.1000. The van der Waals surface area contributed by atoms with E-state index in [1.54, 1.807) is 0 Å². The molecule has 1 aromatic rings. The topological polar surface area (TPSA) is 15.3 Å². The molecule has 1 heterocycles. The van der Waals surface area contributed by atoms with Crippen LogP contribution in [0, 0.1) is 5.92 Å². The highest BCUT2D eigenvalue weighted by Crippen LogP contribution is 2.25. The Kier molecular flexibility index (Phi) is 5.67. The van der Waals surface area contributed by atoms with Gasteiger partial charge >= 0.3 is 0 Å². The molecule has 1 atom stereocenters. The molecule has 1 aliphatic heterocycles. The Morgan fingerprint density at radius 3 is 2.89 bits per heavy atom. The highest BCUT2D eigenvalue weighted by Gasteiger charge is 2.19. The molecule has 0 radical (unpaired) electrons. The number of likely N-dealkylation sites (tertiary alicyclic amines) is 1. The number of benzene rings is 1. The standard InChI is InChI=1S/C14H20Br2N2/c1-17-8-12-3-2-6-18(10-12)9-11-4-5-13(15)14(16)7-11/h4-5,7,12,17H,2-3,6,8-10H2,1H3. The Morgan fingerprint density at radius 2 is 2.17 bits per heavy atom. The second-order valence-electron chi connectivity index (χ2n) is 5.05. The van der Waals surface area contributed by atoms with Gasteiger partial charge < -0.3 is 5.32 Å². The minimum atomic E-state index is 0.808. The van der Waals surface area contributed by atoms with E-state index in [1.807, 2.05) is 7.05 Å². The molecule has 0 aromatic heterocycles. The third kappa shape index (κ3) is 4.05. The zero-order valence-corrected chi connectivity index (χ0v) is 13.9. The van der Waals surface area contributed by atoms with Crippen LogP contribution in [0.4, 0.5) is 0 Å². The third-order valence-electron chi connectivity index (χ3n) is 3.49. The Bertz CT molecular complexity index is 393. The van der Waals surface area contributed by atoms with Gasteiger partial charge in [0.1, 0.15) is 0 Å². The summed E-state index contributed by atoms with van der Waals surface area (Å²) < 4.78 is 2.27. The summed E-state index contributed by atoms with van der Waals surface area (Å²) in [5.74, 6) is 0.808. The van der Waals surface area contributed by atoms with Gasteiger partial charge in [0.05, 0.1) is 0 Å². The smallest absolute Gasteiger partial charge is 0.0320 e. The largest absolute Gasteiger partial charge is 0.319 e. The summed E-state index contributed by atoms with van der Waals surface area (Å²) in [4.78, 5) is 2.57. The van der Waals surface area contributed by atoms with Crippen molar-refractivity contribution in [1.82, 2.24) is 10.2 Å². The summed E-state index contributed by atoms with van der Waals surface area (Å²) in [6.45, 7) is 4.65. The van der Waals surface area contributed by atoms with Gasteiger partial charge in [-0.3, -0.25) is 4.90 Å². The minimum Gasteiger partial charge on any atom is -0.319 e. The maximum Gasteiger partial charge on any atom is 0.0320 e. The van der Waals surface area contributed by atoms with Gasteiger partial charge in [-0.25, -0.2) is 0 Å². The fraction of sp³-hybridized carbons (Fsp3) is 0.571. The van der Waals surface area contributed by atoms with Crippen molar-refractivity contribution in [3.63, 3.8) is 0 Å². The van der Waals surface area contributed by atoms with Crippen LogP contribution in [0.25, 0.3) is 0 Å². The molecule has 1 unspecified atom stereocenters. The van der Waals surface area contributed by atoms with Gasteiger partial charge in [-0.15, -0.1) is 0 Å². The van der Waals surface area contributed by atoms with Crippen molar-refractivity contribution in [2.75, 3.05) is 26.7 Å². The lowest BCUT2D eigenvalue weighted by Gasteiger charge is -2.32. The maximum atomic E-state index is 3.57. The van der Waals surface area contributed by atoms with Gasteiger partial charge in [0.25, 0.3) is 0 Å². The first-order valence-electron chi connectivity index (χ1n) is 6.50. The Morgan fingerprint density at radius 1 is 1.33 bits per heavy atom. The average Bonchev–Trinajstić information content (AvgIpc) is 2.35. The van der Waals surface area contributed by atoms with Gasteiger partial charge in [-0.1, -0.05) is 6.07 Å². The summed E-state index contributed by atoms with van der Waals surface area (Å²) in [5, 5.41) is 3.30. The summed E-state index contributed by atoms with van der Waals surface area (Å²) in [6, 6.07) is 6.54. The van der Waals surface area contributed by atoms with Gasteiger partial charge in [0.15, 0.2) is 0 Å². The molecule has 0 bridgehead atoms. The SMILES string of the molecule is CNCC1CCCN(Cc2ccc(Br)c(Br)c2)C1. The second kappa shape index (κ2) is 7.04. The highest BCUT2D eigenvalue weighted by molar-refractivity contribution is 9.13. The van der Waals surface area contributed by atoms with Crippen LogP contribution in [0.3, 0.4) is 0 Å². The van der Waals surface area contributed by atoms with E-state index in [2.05, 4.69) is 60.3 Å². The van der Waals surface area contributed by atoms with E-state index in [0.29, 0.717) is 0 Å². The molecule has 0 aliphatic carbocycles. The molecule has 1 saturated heterocycles. The van der Waals surface area contributed by atoms with Gasteiger partial charge in [0.2, 0.25) is 0 Å². The number of halogens is 2. The van der Waals surface area contributed by atoms with E-state index in [4.69, 9.17) is 0 Å². The molecule has 4 heteroatoms. The van der Waals surface area contributed by atoms with Crippen LogP contribution < -0.4 is 5.32 Å². The van der Waals surface area contributed by atoms with E-state index in [0.717, 1.165) is 28.0 Å². The molecule has 2 rings (SSSR count). The summed E-state index contributed by atoms with van der Waals surface area (Å²) in [6.07, 6.45) is 2.69. The summed E-state index contributed by atoms with van der Waals surface area (Å²) >= 11 is 7.09. The zero-order valence-electron chi connectivity index (χ0n) is 10.8. The highest BCUT2D eigenvalue weighted by atomic mass is 79.9. The zero-order chi connectivity index (χ0) is 13.0. The average molecular weight is 376 g/mol. The maximum absolute atomic E-state index is 3.57. The molecular formula is C14H20Br2N2. The Labute approximate surface area is 126 Å². The molecule has 1 fully saturated rings. The van der Waals surface area contributed by atoms with Crippen LogP contribution in [0.1, 0.15) is 18.4 Å². The molecule has 18 heavy (non-hydrogen) atoms. The van der Waals surface area contributed by atoms with E-state index in [1.165, 1.54) is 31.5 Å². The van der Waals surface area contributed by atoms with Gasteiger partial charge in [-0.2, -0.15) is 0 Å².